The van der Waals surface area contributed by atoms with E-state index < -0.39 is 11.4 Å². The number of carboxylic acid groups (broad SMARTS) is 1. The Morgan fingerprint density at radius 1 is 1.17 bits per heavy atom. The summed E-state index contributed by atoms with van der Waals surface area (Å²) in [6, 6.07) is 6.83. The van der Waals surface area contributed by atoms with Crippen molar-refractivity contribution in [1.82, 2.24) is 0 Å². The third kappa shape index (κ3) is 4.09. The van der Waals surface area contributed by atoms with E-state index in [9.17, 15) is 19.5 Å². The predicted molar refractivity (Wildman–Crippen MR) is 87.1 cm³/mol. The summed E-state index contributed by atoms with van der Waals surface area (Å²) in [5, 5.41) is 14.7. The molecule has 1 aromatic rings. The minimum Gasteiger partial charge on any atom is -0.481 e. The van der Waals surface area contributed by atoms with Crippen molar-refractivity contribution in [3.8, 4) is 0 Å². The Hall–Kier alpha value is -2.37. The van der Waals surface area contributed by atoms with E-state index in [-0.39, 0.29) is 24.2 Å². The number of hydrogen-bond donors (Lipinski definition) is 3. The lowest BCUT2D eigenvalue weighted by Crippen LogP contribution is -2.41. The Bertz CT molecular complexity index is 621. The largest absolute Gasteiger partial charge is 0.481 e. The summed E-state index contributed by atoms with van der Waals surface area (Å²) in [4.78, 5) is 35.1. The molecule has 6 nitrogen and oxygen atoms in total. The van der Waals surface area contributed by atoms with Crippen LogP contribution >= 0.6 is 0 Å². The van der Waals surface area contributed by atoms with E-state index in [1.165, 1.54) is 0 Å². The third-order valence-electron chi connectivity index (χ3n) is 4.20. The molecule has 2 rings (SSSR count). The molecule has 0 radical (unpaired) electrons. The summed E-state index contributed by atoms with van der Waals surface area (Å²) >= 11 is 0. The van der Waals surface area contributed by atoms with Gasteiger partial charge in [-0.3, -0.25) is 14.4 Å². The first-order chi connectivity index (χ1) is 10.8. The van der Waals surface area contributed by atoms with Crippen LogP contribution in [-0.2, 0) is 14.4 Å². The maximum Gasteiger partial charge on any atom is 0.310 e. The van der Waals surface area contributed by atoms with Gasteiger partial charge in [0.05, 0.1) is 5.41 Å². The summed E-state index contributed by atoms with van der Waals surface area (Å²) < 4.78 is 0. The number of carboxylic acids is 1. The molecule has 0 spiro atoms. The van der Waals surface area contributed by atoms with Crippen molar-refractivity contribution < 1.29 is 19.5 Å². The summed E-state index contributed by atoms with van der Waals surface area (Å²) in [5.41, 5.74) is 0.225. The molecule has 0 saturated heterocycles. The van der Waals surface area contributed by atoms with Crippen LogP contribution in [0.4, 0.5) is 11.4 Å². The van der Waals surface area contributed by atoms with Gasteiger partial charge in [0.2, 0.25) is 11.8 Å². The number of rotatable bonds is 6. The molecular formula is C17H22N2O4. The molecule has 3 N–H and O–H groups in total. The smallest absolute Gasteiger partial charge is 0.310 e. The van der Waals surface area contributed by atoms with Crippen molar-refractivity contribution in [1.29, 1.82) is 0 Å². The average Bonchev–Trinajstić information content (AvgIpc) is 2.42. The molecule has 0 atom stereocenters. The Labute approximate surface area is 135 Å². The second kappa shape index (κ2) is 6.81. The highest BCUT2D eigenvalue weighted by molar-refractivity contribution is 5.96. The molecule has 0 unspecified atom stereocenters. The van der Waals surface area contributed by atoms with Crippen molar-refractivity contribution in [2.45, 2.75) is 39.5 Å². The van der Waals surface area contributed by atoms with Crippen molar-refractivity contribution in [2.24, 2.45) is 11.3 Å². The quantitative estimate of drug-likeness (QED) is 0.751. The molecule has 0 aliphatic heterocycles. The molecule has 0 bridgehead atoms. The Morgan fingerprint density at radius 3 is 2.26 bits per heavy atom. The number of carbonyl (C=O) groups excluding carboxylic acids is 2. The summed E-state index contributed by atoms with van der Waals surface area (Å²) in [6.07, 6.45) is 1.90. The first-order valence-corrected chi connectivity index (χ1v) is 7.76. The lowest BCUT2D eigenvalue weighted by molar-refractivity contribution is -0.157. The zero-order valence-corrected chi connectivity index (χ0v) is 13.4. The zero-order chi connectivity index (χ0) is 17.0. The fourth-order valence-corrected chi connectivity index (χ4v) is 2.54. The van der Waals surface area contributed by atoms with Gasteiger partial charge < -0.3 is 15.7 Å². The maximum absolute atomic E-state index is 12.1. The molecule has 0 aromatic heterocycles. The van der Waals surface area contributed by atoms with E-state index in [1.54, 1.807) is 38.1 Å². The van der Waals surface area contributed by atoms with Gasteiger partial charge in [-0.05, 0) is 31.0 Å². The van der Waals surface area contributed by atoms with Crippen molar-refractivity contribution >= 4 is 29.2 Å². The third-order valence-corrected chi connectivity index (χ3v) is 4.20. The molecular weight excluding hydrogens is 296 g/mol. The van der Waals surface area contributed by atoms with Crippen LogP contribution in [-0.4, -0.2) is 22.9 Å². The van der Waals surface area contributed by atoms with Gasteiger partial charge in [-0.15, -0.1) is 0 Å². The molecule has 1 aromatic carbocycles. The van der Waals surface area contributed by atoms with Crippen LogP contribution in [0.5, 0.6) is 0 Å². The minimum atomic E-state index is -0.909. The van der Waals surface area contributed by atoms with Crippen LogP contribution in [0.1, 0.15) is 39.5 Å². The second-order valence-corrected chi connectivity index (χ2v) is 6.39. The summed E-state index contributed by atoms with van der Waals surface area (Å²) in [5.74, 6) is -1.47. The fourth-order valence-electron chi connectivity index (χ4n) is 2.54. The van der Waals surface area contributed by atoms with E-state index in [1.807, 2.05) is 0 Å². The molecule has 2 amide bonds. The molecule has 23 heavy (non-hydrogen) atoms. The van der Waals surface area contributed by atoms with Gasteiger partial charge >= 0.3 is 5.97 Å². The monoisotopic (exact) mass is 318 g/mol. The van der Waals surface area contributed by atoms with Crippen LogP contribution in [0.2, 0.25) is 0 Å². The molecule has 0 heterocycles. The Kier molecular flexibility index (Phi) is 5.03. The van der Waals surface area contributed by atoms with E-state index >= 15 is 0 Å². The number of benzene rings is 1. The van der Waals surface area contributed by atoms with E-state index in [0.717, 1.165) is 6.42 Å². The molecule has 1 aliphatic rings. The normalized spacial score (nSPS) is 15.6. The first kappa shape index (κ1) is 17.0. The van der Waals surface area contributed by atoms with Crippen LogP contribution < -0.4 is 10.6 Å². The molecule has 6 heteroatoms. The highest BCUT2D eigenvalue weighted by Crippen LogP contribution is 2.44. The zero-order valence-electron chi connectivity index (χ0n) is 13.4. The molecule has 1 fully saturated rings. The minimum absolute atomic E-state index is 0.0229. The number of amides is 2. The molecule has 1 aliphatic carbocycles. The highest BCUT2D eigenvalue weighted by Gasteiger charge is 2.45. The summed E-state index contributed by atoms with van der Waals surface area (Å²) in [6.45, 7) is 3.59. The lowest BCUT2D eigenvalue weighted by atomic mass is 9.66. The van der Waals surface area contributed by atoms with Gasteiger partial charge in [0.1, 0.15) is 0 Å². The van der Waals surface area contributed by atoms with Crippen molar-refractivity contribution in [3.63, 3.8) is 0 Å². The van der Waals surface area contributed by atoms with Crippen molar-refractivity contribution in [3.05, 3.63) is 24.3 Å². The molecule has 124 valence electrons. The van der Waals surface area contributed by atoms with Gasteiger partial charge in [-0.1, -0.05) is 26.3 Å². The fraction of sp³-hybridized carbons (Fsp3) is 0.471. The SMILES string of the molecule is CC(C)C(=O)Nc1cccc(NC(=O)CC2(C(=O)O)CCC2)c1. The highest BCUT2D eigenvalue weighted by atomic mass is 16.4. The number of nitrogens with one attached hydrogen (secondary N) is 2. The summed E-state index contributed by atoms with van der Waals surface area (Å²) in [7, 11) is 0. The predicted octanol–water partition coefficient (Wildman–Crippen LogP) is 2.86. The van der Waals surface area contributed by atoms with Crippen molar-refractivity contribution in [2.75, 3.05) is 10.6 Å². The number of aliphatic carboxylic acids is 1. The van der Waals surface area contributed by atoms with Gasteiger partial charge in [0, 0.05) is 23.7 Å². The van der Waals surface area contributed by atoms with E-state index in [4.69, 9.17) is 0 Å². The van der Waals surface area contributed by atoms with Gasteiger partial charge in [-0.25, -0.2) is 0 Å². The number of carbonyl (C=O) groups is 3. The standard InChI is InChI=1S/C17H22N2O4/c1-11(2)15(21)19-13-6-3-5-12(9-13)18-14(20)10-17(16(22)23)7-4-8-17/h3,5-6,9,11H,4,7-8,10H2,1-2H3,(H,18,20)(H,19,21)(H,22,23). The van der Waals surface area contributed by atoms with Gasteiger partial charge in [0.15, 0.2) is 0 Å². The van der Waals surface area contributed by atoms with E-state index in [2.05, 4.69) is 10.6 Å². The van der Waals surface area contributed by atoms with Crippen LogP contribution in [0.3, 0.4) is 0 Å². The van der Waals surface area contributed by atoms with Gasteiger partial charge in [-0.2, -0.15) is 0 Å². The first-order valence-electron chi connectivity index (χ1n) is 7.76. The number of hydrogen-bond acceptors (Lipinski definition) is 3. The maximum atomic E-state index is 12.1. The van der Waals surface area contributed by atoms with Crippen LogP contribution in [0.25, 0.3) is 0 Å². The van der Waals surface area contributed by atoms with Crippen LogP contribution in [0, 0.1) is 11.3 Å². The van der Waals surface area contributed by atoms with Gasteiger partial charge in [0.25, 0.3) is 0 Å². The Morgan fingerprint density at radius 2 is 1.78 bits per heavy atom. The average molecular weight is 318 g/mol. The topological polar surface area (TPSA) is 95.5 Å². The second-order valence-electron chi connectivity index (χ2n) is 6.39. The molecule has 1 saturated carbocycles. The van der Waals surface area contributed by atoms with E-state index in [0.29, 0.717) is 24.2 Å². The van der Waals surface area contributed by atoms with Crippen LogP contribution in [0.15, 0.2) is 24.3 Å². The lowest BCUT2D eigenvalue weighted by Gasteiger charge is -2.36. The Balaban J connectivity index is 1.98. The number of anilines is 2.